The smallest absolute Gasteiger partial charge is 0.326 e. The minimum absolute atomic E-state index is 0.0608. The number of rotatable bonds is 6. The second-order valence-electron chi connectivity index (χ2n) is 5.41. The van der Waals surface area contributed by atoms with E-state index < -0.39 is 22.0 Å². The average molecular weight is 340 g/mol. The molecule has 1 atom stereocenters. The maximum absolute atomic E-state index is 12.2. The summed E-state index contributed by atoms with van der Waals surface area (Å²) >= 11 is 0. The molecule has 0 aromatic heterocycles. The number of amides is 1. The molecule has 7 nitrogen and oxygen atoms in total. The minimum Gasteiger partial charge on any atom is -0.480 e. The summed E-state index contributed by atoms with van der Waals surface area (Å²) in [5.41, 5.74) is 0.654. The highest BCUT2D eigenvalue weighted by atomic mass is 32.2. The number of carbonyl (C=O) groups excluding carboxylic acids is 1. The van der Waals surface area contributed by atoms with Gasteiger partial charge in [0.05, 0.1) is 11.3 Å². The predicted molar refractivity (Wildman–Crippen MR) is 83.4 cm³/mol. The summed E-state index contributed by atoms with van der Waals surface area (Å²) in [6.07, 6.45) is 1.22. The molecular weight excluding hydrogens is 320 g/mol. The molecule has 1 saturated heterocycles. The normalized spacial score (nSPS) is 18.1. The molecule has 1 aliphatic rings. The zero-order valence-corrected chi connectivity index (χ0v) is 13.7. The van der Waals surface area contributed by atoms with Crippen molar-refractivity contribution >= 4 is 21.9 Å². The number of aliphatic carboxylic acids is 1. The zero-order chi connectivity index (χ0) is 17.0. The first kappa shape index (κ1) is 17.4. The Balaban J connectivity index is 2.06. The van der Waals surface area contributed by atoms with Crippen LogP contribution in [0.15, 0.2) is 29.2 Å². The molecule has 2 N–H and O–H groups in total. The first-order valence-corrected chi connectivity index (χ1v) is 8.94. The van der Waals surface area contributed by atoms with Crippen LogP contribution in [0.1, 0.15) is 25.3 Å². The molecule has 23 heavy (non-hydrogen) atoms. The van der Waals surface area contributed by atoms with Gasteiger partial charge in [0, 0.05) is 13.1 Å². The van der Waals surface area contributed by atoms with E-state index in [1.807, 2.05) is 0 Å². The summed E-state index contributed by atoms with van der Waals surface area (Å²) in [5, 5.41) is 9.11. The standard InChI is InChI=1S/C15H20N2O5S/c1-2-16-23(21,22)12-7-5-11(6-8-12)10-14(18)17-9-3-4-13(17)15(19)20/h5-8,13,16H,2-4,9-10H2,1H3,(H,19,20)/t13-/m0/s1. The van der Waals surface area contributed by atoms with Crippen LogP contribution in [-0.2, 0) is 26.0 Å². The van der Waals surface area contributed by atoms with Crippen molar-refractivity contribution in [1.82, 2.24) is 9.62 Å². The van der Waals surface area contributed by atoms with E-state index in [9.17, 15) is 18.0 Å². The molecule has 1 heterocycles. The van der Waals surface area contributed by atoms with Crippen LogP contribution >= 0.6 is 0 Å². The molecule has 0 unspecified atom stereocenters. The van der Waals surface area contributed by atoms with Gasteiger partial charge in [-0.3, -0.25) is 4.79 Å². The maximum atomic E-state index is 12.2. The Kier molecular flexibility index (Phi) is 5.38. The second-order valence-corrected chi connectivity index (χ2v) is 7.17. The number of carboxylic acid groups (broad SMARTS) is 1. The van der Waals surface area contributed by atoms with Crippen LogP contribution in [0.2, 0.25) is 0 Å². The number of nitrogens with zero attached hydrogens (tertiary/aromatic N) is 1. The fraction of sp³-hybridized carbons (Fsp3) is 0.467. The molecule has 1 amide bonds. The highest BCUT2D eigenvalue weighted by Gasteiger charge is 2.33. The molecule has 8 heteroatoms. The Morgan fingerprint density at radius 2 is 1.96 bits per heavy atom. The number of carboxylic acids is 1. The molecule has 0 bridgehead atoms. The van der Waals surface area contributed by atoms with Crippen LogP contribution in [0.25, 0.3) is 0 Å². The van der Waals surface area contributed by atoms with Crippen molar-refractivity contribution in [3.63, 3.8) is 0 Å². The molecule has 0 aliphatic carbocycles. The van der Waals surface area contributed by atoms with Gasteiger partial charge in [0.25, 0.3) is 0 Å². The third kappa shape index (κ3) is 4.08. The summed E-state index contributed by atoms with van der Waals surface area (Å²) in [6, 6.07) is 5.29. The third-order valence-corrected chi connectivity index (χ3v) is 5.34. The summed E-state index contributed by atoms with van der Waals surface area (Å²) in [7, 11) is -3.51. The number of sulfonamides is 1. The fourth-order valence-electron chi connectivity index (χ4n) is 2.66. The van der Waals surface area contributed by atoms with Crippen molar-refractivity contribution in [2.24, 2.45) is 0 Å². The Morgan fingerprint density at radius 1 is 1.30 bits per heavy atom. The highest BCUT2D eigenvalue weighted by Crippen LogP contribution is 2.19. The SMILES string of the molecule is CCNS(=O)(=O)c1ccc(CC(=O)N2CCC[C@H]2C(=O)O)cc1. The number of nitrogens with one attached hydrogen (secondary N) is 1. The fourth-order valence-corrected chi connectivity index (χ4v) is 3.70. The molecule has 1 aromatic carbocycles. The van der Waals surface area contributed by atoms with E-state index in [0.29, 0.717) is 31.5 Å². The molecule has 0 saturated carbocycles. The van der Waals surface area contributed by atoms with E-state index in [2.05, 4.69) is 4.72 Å². The monoisotopic (exact) mass is 340 g/mol. The minimum atomic E-state index is -3.51. The second kappa shape index (κ2) is 7.10. The first-order valence-electron chi connectivity index (χ1n) is 7.46. The molecule has 0 spiro atoms. The van der Waals surface area contributed by atoms with E-state index in [0.717, 1.165) is 0 Å². The molecule has 126 valence electrons. The molecule has 2 rings (SSSR count). The van der Waals surface area contributed by atoms with Crippen LogP contribution < -0.4 is 4.72 Å². The van der Waals surface area contributed by atoms with E-state index in [-0.39, 0.29) is 17.2 Å². The lowest BCUT2D eigenvalue weighted by Gasteiger charge is -2.21. The lowest BCUT2D eigenvalue weighted by Crippen LogP contribution is -2.41. The summed E-state index contributed by atoms with van der Waals surface area (Å²) in [5.74, 6) is -1.24. The third-order valence-electron chi connectivity index (χ3n) is 3.78. The maximum Gasteiger partial charge on any atom is 0.326 e. The predicted octanol–water partition coefficient (Wildman–Crippen LogP) is 0.603. The lowest BCUT2D eigenvalue weighted by molar-refractivity contribution is -0.148. The number of hydrogen-bond acceptors (Lipinski definition) is 4. The topological polar surface area (TPSA) is 104 Å². The Hall–Kier alpha value is -1.93. The lowest BCUT2D eigenvalue weighted by atomic mass is 10.1. The van der Waals surface area contributed by atoms with Crippen LogP contribution in [0.3, 0.4) is 0 Å². The van der Waals surface area contributed by atoms with Crippen molar-refractivity contribution in [1.29, 1.82) is 0 Å². The number of carbonyl (C=O) groups is 2. The highest BCUT2D eigenvalue weighted by molar-refractivity contribution is 7.89. The van der Waals surface area contributed by atoms with Gasteiger partial charge in [0.2, 0.25) is 15.9 Å². The summed E-state index contributed by atoms with van der Waals surface area (Å²) < 4.78 is 26.1. The summed E-state index contributed by atoms with van der Waals surface area (Å²) in [4.78, 5) is 24.9. The van der Waals surface area contributed by atoms with E-state index >= 15 is 0 Å². The first-order chi connectivity index (χ1) is 10.8. The van der Waals surface area contributed by atoms with Crippen molar-refractivity contribution in [3.05, 3.63) is 29.8 Å². The van der Waals surface area contributed by atoms with Gasteiger partial charge in [-0.15, -0.1) is 0 Å². The van der Waals surface area contributed by atoms with Crippen molar-refractivity contribution in [2.75, 3.05) is 13.1 Å². The van der Waals surface area contributed by atoms with Gasteiger partial charge >= 0.3 is 5.97 Å². The van der Waals surface area contributed by atoms with Gasteiger partial charge in [0.15, 0.2) is 0 Å². The van der Waals surface area contributed by atoms with Gasteiger partial charge < -0.3 is 10.0 Å². The van der Waals surface area contributed by atoms with E-state index in [4.69, 9.17) is 5.11 Å². The van der Waals surface area contributed by atoms with E-state index in [1.165, 1.54) is 17.0 Å². The molecular formula is C15H20N2O5S. The number of hydrogen-bond donors (Lipinski definition) is 2. The van der Waals surface area contributed by atoms with Gasteiger partial charge in [-0.2, -0.15) is 0 Å². The van der Waals surface area contributed by atoms with Crippen LogP contribution in [0, 0.1) is 0 Å². The van der Waals surface area contributed by atoms with Gasteiger partial charge in [-0.1, -0.05) is 19.1 Å². The van der Waals surface area contributed by atoms with Crippen LogP contribution in [-0.4, -0.2) is 49.4 Å². The van der Waals surface area contributed by atoms with Gasteiger partial charge in [-0.05, 0) is 30.5 Å². The number of benzene rings is 1. The summed E-state index contributed by atoms with van der Waals surface area (Å²) in [6.45, 7) is 2.44. The average Bonchev–Trinajstić information content (AvgIpc) is 2.97. The zero-order valence-electron chi connectivity index (χ0n) is 12.9. The van der Waals surface area contributed by atoms with Crippen molar-refractivity contribution in [2.45, 2.75) is 37.1 Å². The van der Waals surface area contributed by atoms with Crippen LogP contribution in [0.5, 0.6) is 0 Å². The quantitative estimate of drug-likeness (QED) is 0.789. The molecule has 0 radical (unpaired) electrons. The number of likely N-dealkylation sites (tertiary alicyclic amines) is 1. The largest absolute Gasteiger partial charge is 0.480 e. The van der Waals surface area contributed by atoms with Crippen LogP contribution in [0.4, 0.5) is 0 Å². The van der Waals surface area contributed by atoms with Crippen molar-refractivity contribution in [3.8, 4) is 0 Å². The van der Waals surface area contributed by atoms with Gasteiger partial charge in [0.1, 0.15) is 6.04 Å². The molecule has 1 aromatic rings. The van der Waals surface area contributed by atoms with Crippen molar-refractivity contribution < 1.29 is 23.1 Å². The molecule has 1 aliphatic heterocycles. The van der Waals surface area contributed by atoms with Gasteiger partial charge in [-0.25, -0.2) is 17.9 Å². The molecule has 1 fully saturated rings. The Morgan fingerprint density at radius 3 is 2.52 bits per heavy atom. The van der Waals surface area contributed by atoms with E-state index in [1.54, 1.807) is 19.1 Å². The Bertz CT molecular complexity index is 684. The Labute approximate surface area is 135 Å².